The third-order valence-corrected chi connectivity index (χ3v) is 6.04. The summed E-state index contributed by atoms with van der Waals surface area (Å²) in [5.41, 5.74) is 2.22. The first-order chi connectivity index (χ1) is 13.6. The summed E-state index contributed by atoms with van der Waals surface area (Å²) in [6.45, 7) is 1.27. The number of nitrogens with one attached hydrogen (secondary N) is 1. The van der Waals surface area contributed by atoms with E-state index in [0.717, 1.165) is 16.6 Å². The zero-order chi connectivity index (χ0) is 19.7. The lowest BCUT2D eigenvalue weighted by Gasteiger charge is -2.34. The molecule has 0 spiro atoms. The first-order valence-electron chi connectivity index (χ1n) is 9.20. The molecule has 1 aliphatic rings. The Hall–Kier alpha value is -3.11. The molecule has 1 fully saturated rings. The number of thiophene rings is 1. The van der Waals surface area contributed by atoms with Crippen LogP contribution in [0.25, 0.3) is 10.9 Å². The summed E-state index contributed by atoms with van der Waals surface area (Å²) in [6, 6.07) is 11.6. The Balaban J connectivity index is 1.61. The van der Waals surface area contributed by atoms with Gasteiger partial charge in [0.25, 0.3) is 5.56 Å². The number of piperidine rings is 1. The zero-order valence-electron chi connectivity index (χ0n) is 15.5. The number of anilines is 2. The van der Waals surface area contributed by atoms with Crippen LogP contribution in [0.2, 0.25) is 0 Å². The number of carbonyl (C=O) groups is 1. The number of carbonyl (C=O) groups excluding carboxylic acids is 1. The minimum Gasteiger partial charge on any atom is -0.370 e. The molecule has 142 valence electrons. The average Bonchev–Trinajstić information content (AvgIpc) is 3.23. The van der Waals surface area contributed by atoms with Crippen molar-refractivity contribution in [3.63, 3.8) is 0 Å². The van der Waals surface area contributed by atoms with E-state index in [9.17, 15) is 14.9 Å². The first kappa shape index (κ1) is 18.3. The van der Waals surface area contributed by atoms with E-state index in [-0.39, 0.29) is 22.9 Å². The maximum atomic E-state index is 12.7. The van der Waals surface area contributed by atoms with Crippen LogP contribution in [0.5, 0.6) is 0 Å². The Morgan fingerprint density at radius 1 is 1.25 bits per heavy atom. The van der Waals surface area contributed by atoms with Crippen molar-refractivity contribution in [3.8, 4) is 6.07 Å². The normalized spacial score (nSPS) is 14.8. The summed E-state index contributed by atoms with van der Waals surface area (Å²) in [5, 5.41) is 17.3. The van der Waals surface area contributed by atoms with Crippen molar-refractivity contribution < 1.29 is 4.79 Å². The van der Waals surface area contributed by atoms with Crippen LogP contribution in [0.4, 0.5) is 11.4 Å². The molecule has 6 nitrogen and oxygen atoms in total. The number of rotatable bonds is 3. The molecule has 28 heavy (non-hydrogen) atoms. The fourth-order valence-electron chi connectivity index (χ4n) is 3.85. The van der Waals surface area contributed by atoms with Gasteiger partial charge in [-0.3, -0.25) is 9.59 Å². The predicted octanol–water partition coefficient (Wildman–Crippen LogP) is 3.33. The van der Waals surface area contributed by atoms with Crippen LogP contribution in [-0.2, 0) is 11.8 Å². The van der Waals surface area contributed by atoms with Crippen molar-refractivity contribution >= 4 is 39.5 Å². The van der Waals surface area contributed by atoms with Gasteiger partial charge in [0.1, 0.15) is 11.6 Å². The quantitative estimate of drug-likeness (QED) is 0.742. The van der Waals surface area contributed by atoms with E-state index in [0.29, 0.717) is 31.6 Å². The van der Waals surface area contributed by atoms with Gasteiger partial charge in [-0.25, -0.2) is 0 Å². The Morgan fingerprint density at radius 3 is 2.68 bits per heavy atom. The van der Waals surface area contributed by atoms with Gasteiger partial charge in [-0.1, -0.05) is 18.2 Å². The number of amides is 1. The van der Waals surface area contributed by atoms with E-state index < -0.39 is 0 Å². The summed E-state index contributed by atoms with van der Waals surface area (Å²) in [6.07, 6.45) is 1.37. The Kier molecular flexibility index (Phi) is 4.88. The number of pyridine rings is 1. The van der Waals surface area contributed by atoms with Gasteiger partial charge in [-0.05, 0) is 30.4 Å². The predicted molar refractivity (Wildman–Crippen MR) is 112 cm³/mol. The lowest BCUT2D eigenvalue weighted by atomic mass is 9.94. The smallest absolute Gasteiger partial charge is 0.270 e. The fraction of sp³-hybridized carbons (Fsp3) is 0.286. The summed E-state index contributed by atoms with van der Waals surface area (Å²) >= 11 is 1.55. The molecule has 3 heterocycles. The second kappa shape index (κ2) is 7.49. The standard InChI is InChI=1S/C21H20N4O2S/c1-24-18-5-3-2-4-16(18)19(17(12-22)21(24)27)25-9-6-14(7-10-25)20(26)23-15-8-11-28-13-15/h2-5,8,11,13-14H,6-7,9-10H2,1H3,(H,23,26). The number of aryl methyl sites for hydroxylation is 1. The van der Waals surface area contributed by atoms with E-state index in [4.69, 9.17) is 0 Å². The van der Waals surface area contributed by atoms with E-state index >= 15 is 0 Å². The molecule has 1 amide bonds. The number of aromatic nitrogens is 1. The van der Waals surface area contributed by atoms with Gasteiger partial charge >= 0.3 is 0 Å². The molecule has 0 radical (unpaired) electrons. The number of hydrogen-bond acceptors (Lipinski definition) is 5. The second-order valence-electron chi connectivity index (χ2n) is 6.98. The Morgan fingerprint density at radius 2 is 2.00 bits per heavy atom. The topological polar surface area (TPSA) is 78.1 Å². The van der Waals surface area contributed by atoms with Gasteiger partial charge in [0.05, 0.1) is 16.9 Å². The van der Waals surface area contributed by atoms with Crippen molar-refractivity contribution in [1.82, 2.24) is 4.57 Å². The van der Waals surface area contributed by atoms with Gasteiger partial charge in [-0.2, -0.15) is 16.6 Å². The summed E-state index contributed by atoms with van der Waals surface area (Å²) in [4.78, 5) is 27.3. The molecule has 1 aliphatic heterocycles. The third kappa shape index (κ3) is 3.16. The molecule has 3 aromatic rings. The van der Waals surface area contributed by atoms with Crippen LogP contribution in [0.15, 0.2) is 45.9 Å². The van der Waals surface area contributed by atoms with E-state index in [2.05, 4.69) is 16.3 Å². The molecule has 7 heteroatoms. The number of fused-ring (bicyclic) bond motifs is 1. The lowest BCUT2D eigenvalue weighted by Crippen LogP contribution is -2.39. The number of nitriles is 1. The zero-order valence-corrected chi connectivity index (χ0v) is 16.3. The molecule has 1 N–H and O–H groups in total. The fourth-order valence-corrected chi connectivity index (χ4v) is 4.44. The monoisotopic (exact) mass is 392 g/mol. The van der Waals surface area contributed by atoms with Crippen LogP contribution < -0.4 is 15.8 Å². The van der Waals surface area contributed by atoms with Crippen LogP contribution in [0, 0.1) is 17.2 Å². The highest BCUT2D eigenvalue weighted by molar-refractivity contribution is 7.08. The average molecular weight is 392 g/mol. The van der Waals surface area contributed by atoms with Gasteiger partial charge in [0, 0.05) is 36.8 Å². The number of benzene rings is 1. The van der Waals surface area contributed by atoms with Gasteiger partial charge < -0.3 is 14.8 Å². The first-order valence-corrected chi connectivity index (χ1v) is 10.1. The number of hydrogen-bond donors (Lipinski definition) is 1. The second-order valence-corrected chi connectivity index (χ2v) is 7.76. The van der Waals surface area contributed by atoms with Crippen molar-refractivity contribution in [3.05, 3.63) is 57.0 Å². The maximum Gasteiger partial charge on any atom is 0.270 e. The Bertz CT molecular complexity index is 1120. The van der Waals surface area contributed by atoms with Crippen LogP contribution >= 0.6 is 11.3 Å². The van der Waals surface area contributed by atoms with Crippen LogP contribution in [-0.4, -0.2) is 23.6 Å². The van der Waals surface area contributed by atoms with Gasteiger partial charge in [0.15, 0.2) is 0 Å². The van der Waals surface area contributed by atoms with Crippen molar-refractivity contribution in [2.75, 3.05) is 23.3 Å². The van der Waals surface area contributed by atoms with Crippen LogP contribution in [0.1, 0.15) is 18.4 Å². The van der Waals surface area contributed by atoms with Crippen molar-refractivity contribution in [2.45, 2.75) is 12.8 Å². The Labute approximate surface area is 166 Å². The molecule has 2 aromatic heterocycles. The highest BCUT2D eigenvalue weighted by Gasteiger charge is 2.28. The van der Waals surface area contributed by atoms with Gasteiger partial charge in [0.2, 0.25) is 5.91 Å². The molecule has 0 bridgehead atoms. The SMILES string of the molecule is Cn1c(=O)c(C#N)c(N2CCC(C(=O)Nc3ccsc3)CC2)c2ccccc21. The van der Waals surface area contributed by atoms with E-state index in [1.807, 2.05) is 41.1 Å². The molecule has 1 aromatic carbocycles. The molecular weight excluding hydrogens is 372 g/mol. The summed E-state index contributed by atoms with van der Waals surface area (Å²) < 4.78 is 1.53. The third-order valence-electron chi connectivity index (χ3n) is 5.36. The molecule has 0 saturated carbocycles. The highest BCUT2D eigenvalue weighted by Crippen LogP contribution is 2.32. The van der Waals surface area contributed by atoms with Gasteiger partial charge in [-0.15, -0.1) is 0 Å². The largest absolute Gasteiger partial charge is 0.370 e. The molecule has 0 aliphatic carbocycles. The molecule has 1 saturated heterocycles. The molecular formula is C21H20N4O2S. The molecule has 0 atom stereocenters. The minimum absolute atomic E-state index is 0.0346. The number of nitrogens with zero attached hydrogens (tertiary/aromatic N) is 3. The summed E-state index contributed by atoms with van der Waals surface area (Å²) in [7, 11) is 1.69. The van der Waals surface area contributed by atoms with E-state index in [1.54, 1.807) is 18.4 Å². The van der Waals surface area contributed by atoms with Crippen LogP contribution in [0.3, 0.4) is 0 Å². The molecule has 4 rings (SSSR count). The molecule has 0 unspecified atom stereocenters. The maximum absolute atomic E-state index is 12.7. The minimum atomic E-state index is -0.284. The van der Waals surface area contributed by atoms with Crippen molar-refractivity contribution in [2.24, 2.45) is 13.0 Å². The number of para-hydroxylation sites is 1. The lowest BCUT2D eigenvalue weighted by molar-refractivity contribution is -0.120. The van der Waals surface area contributed by atoms with E-state index in [1.165, 1.54) is 4.57 Å². The van der Waals surface area contributed by atoms with Crippen molar-refractivity contribution in [1.29, 1.82) is 5.26 Å². The highest BCUT2D eigenvalue weighted by atomic mass is 32.1. The summed E-state index contributed by atoms with van der Waals surface area (Å²) in [5.74, 6) is -0.0353.